The molecule has 0 aromatic heterocycles. The summed E-state index contributed by atoms with van der Waals surface area (Å²) in [5.41, 5.74) is -0.768. The van der Waals surface area contributed by atoms with E-state index in [1.165, 1.54) is 13.5 Å². The summed E-state index contributed by atoms with van der Waals surface area (Å²) >= 11 is 0. The predicted octanol–water partition coefficient (Wildman–Crippen LogP) is 2.76. The first-order chi connectivity index (χ1) is 8.78. The highest BCUT2D eigenvalue weighted by Gasteiger charge is 2.71. The van der Waals surface area contributed by atoms with E-state index in [1.54, 1.807) is 0 Å². The minimum absolute atomic E-state index is 0.00539. The molecular weight excluding hydrogens is 240 g/mol. The van der Waals surface area contributed by atoms with Crippen LogP contribution in [0.1, 0.15) is 52.9 Å². The van der Waals surface area contributed by atoms with Crippen LogP contribution in [-0.4, -0.2) is 23.8 Å². The fraction of sp³-hybridized carbons (Fsp3) is 0.938. The average molecular weight is 266 g/mol. The van der Waals surface area contributed by atoms with Crippen molar-refractivity contribution in [1.82, 2.24) is 0 Å². The quantitative estimate of drug-likeness (QED) is 0.742. The molecule has 4 rings (SSSR count). The second-order valence-electron chi connectivity index (χ2n) is 7.75. The second-order valence-corrected chi connectivity index (χ2v) is 7.75. The molecule has 0 heterocycles. The Morgan fingerprint density at radius 2 is 1.89 bits per heavy atom. The molecule has 0 spiro atoms. The van der Waals surface area contributed by atoms with Gasteiger partial charge in [-0.05, 0) is 49.4 Å². The monoisotopic (exact) mass is 266 g/mol. The molecule has 3 nitrogen and oxygen atoms in total. The van der Waals surface area contributed by atoms with E-state index in [2.05, 4.69) is 20.8 Å². The summed E-state index contributed by atoms with van der Waals surface area (Å²) in [7, 11) is 1.48. The van der Waals surface area contributed by atoms with Crippen molar-refractivity contribution in [3.05, 3.63) is 0 Å². The topological polar surface area (TPSA) is 46.5 Å². The summed E-state index contributed by atoms with van der Waals surface area (Å²) < 4.78 is 5.00. The van der Waals surface area contributed by atoms with Crippen LogP contribution in [0, 0.1) is 28.6 Å². The van der Waals surface area contributed by atoms with Crippen molar-refractivity contribution < 1.29 is 14.6 Å². The molecule has 0 aromatic carbocycles. The van der Waals surface area contributed by atoms with Crippen molar-refractivity contribution >= 4 is 5.97 Å². The zero-order chi connectivity index (χ0) is 14.1. The molecule has 5 atom stereocenters. The summed E-state index contributed by atoms with van der Waals surface area (Å²) in [6, 6.07) is 0. The maximum atomic E-state index is 12.0. The Labute approximate surface area is 115 Å². The van der Waals surface area contributed by atoms with Crippen molar-refractivity contribution in [3.8, 4) is 0 Å². The van der Waals surface area contributed by atoms with Crippen molar-refractivity contribution in [1.29, 1.82) is 0 Å². The highest BCUT2D eigenvalue weighted by atomic mass is 16.5. The van der Waals surface area contributed by atoms with Crippen LogP contribution >= 0.6 is 0 Å². The molecule has 1 N–H and O–H groups in total. The predicted molar refractivity (Wildman–Crippen MR) is 72.4 cm³/mol. The fourth-order valence-electron chi connectivity index (χ4n) is 5.80. The first-order valence-electron chi connectivity index (χ1n) is 7.58. The van der Waals surface area contributed by atoms with Gasteiger partial charge in [0, 0.05) is 5.41 Å². The Morgan fingerprint density at radius 1 is 1.21 bits per heavy atom. The number of rotatable bonds is 1. The third-order valence-corrected chi connectivity index (χ3v) is 7.21. The lowest BCUT2D eigenvalue weighted by molar-refractivity contribution is -0.291. The molecule has 108 valence electrons. The van der Waals surface area contributed by atoms with Gasteiger partial charge in [0.05, 0.1) is 18.6 Å². The van der Waals surface area contributed by atoms with Gasteiger partial charge >= 0.3 is 5.97 Å². The Balaban J connectivity index is 2.04. The van der Waals surface area contributed by atoms with Crippen LogP contribution in [0.4, 0.5) is 0 Å². The number of carbonyl (C=O) groups excluding carboxylic acids is 1. The number of aliphatic hydroxyl groups is 1. The number of methoxy groups -OCH3 is 1. The van der Waals surface area contributed by atoms with E-state index in [-0.39, 0.29) is 22.7 Å². The lowest BCUT2D eigenvalue weighted by atomic mass is 9.35. The molecule has 0 amide bonds. The first kappa shape index (κ1) is 13.4. The zero-order valence-corrected chi connectivity index (χ0v) is 12.5. The van der Waals surface area contributed by atoms with Crippen LogP contribution in [0.25, 0.3) is 0 Å². The number of ether oxygens (including phenoxy) is 1. The number of esters is 1. The number of hydrogen-bond acceptors (Lipinski definition) is 3. The highest BCUT2D eigenvalue weighted by molar-refractivity contribution is 5.73. The van der Waals surface area contributed by atoms with Gasteiger partial charge in [-0.2, -0.15) is 0 Å². The van der Waals surface area contributed by atoms with Gasteiger partial charge in [0.2, 0.25) is 0 Å². The van der Waals surface area contributed by atoms with Crippen LogP contribution in [0.3, 0.4) is 0 Å². The van der Waals surface area contributed by atoms with Crippen LogP contribution in [0.15, 0.2) is 0 Å². The Hall–Kier alpha value is -0.570. The summed E-state index contributed by atoms with van der Waals surface area (Å²) in [4.78, 5) is 12.0. The van der Waals surface area contributed by atoms with Crippen molar-refractivity contribution in [2.45, 2.75) is 58.5 Å². The number of hydrogen-bond donors (Lipinski definition) is 1. The Morgan fingerprint density at radius 3 is 2.53 bits per heavy atom. The molecule has 0 radical (unpaired) electrons. The van der Waals surface area contributed by atoms with E-state index in [4.69, 9.17) is 4.74 Å². The maximum Gasteiger partial charge on any atom is 0.308 e. The van der Waals surface area contributed by atoms with E-state index in [0.29, 0.717) is 11.8 Å². The summed E-state index contributed by atoms with van der Waals surface area (Å²) in [5.74, 6) is 0.759. The standard InChI is InChI=1S/C16H26O3/c1-14(2)10-5-7-15(3)12(9-10)11(13(17)19-4)6-8-16(14,15)18/h10-12,18H,5-9H2,1-4H3. The van der Waals surface area contributed by atoms with Gasteiger partial charge in [0.1, 0.15) is 0 Å². The summed E-state index contributed by atoms with van der Waals surface area (Å²) in [6.45, 7) is 6.66. The third-order valence-electron chi connectivity index (χ3n) is 7.21. The van der Waals surface area contributed by atoms with Crippen LogP contribution in [0.5, 0.6) is 0 Å². The van der Waals surface area contributed by atoms with E-state index >= 15 is 0 Å². The number of carbonyl (C=O) groups is 1. The van der Waals surface area contributed by atoms with Crippen molar-refractivity contribution in [2.75, 3.05) is 7.11 Å². The lowest BCUT2D eigenvalue weighted by Gasteiger charge is -2.71. The number of fused-ring (bicyclic) bond motifs is 1. The minimum Gasteiger partial charge on any atom is -0.469 e. The van der Waals surface area contributed by atoms with Gasteiger partial charge in [-0.15, -0.1) is 0 Å². The Kier molecular flexibility index (Phi) is 2.65. The minimum atomic E-state index is -0.615. The molecule has 0 saturated heterocycles. The fourth-order valence-corrected chi connectivity index (χ4v) is 5.80. The van der Waals surface area contributed by atoms with Gasteiger partial charge in [-0.25, -0.2) is 0 Å². The van der Waals surface area contributed by atoms with E-state index in [0.717, 1.165) is 25.7 Å². The molecular formula is C16H26O3. The van der Waals surface area contributed by atoms with E-state index in [9.17, 15) is 9.90 Å². The summed E-state index contributed by atoms with van der Waals surface area (Å²) in [5, 5.41) is 11.4. The van der Waals surface area contributed by atoms with Crippen LogP contribution in [-0.2, 0) is 9.53 Å². The average Bonchev–Trinajstić information content (AvgIpc) is 2.37. The van der Waals surface area contributed by atoms with Crippen LogP contribution in [0.2, 0.25) is 0 Å². The molecule has 0 aliphatic heterocycles. The molecule has 19 heavy (non-hydrogen) atoms. The van der Waals surface area contributed by atoms with Gasteiger partial charge in [0.25, 0.3) is 0 Å². The van der Waals surface area contributed by atoms with Gasteiger partial charge in [-0.3, -0.25) is 4.79 Å². The van der Waals surface area contributed by atoms with Gasteiger partial charge in [0.15, 0.2) is 0 Å². The second kappa shape index (κ2) is 3.75. The van der Waals surface area contributed by atoms with E-state index in [1.807, 2.05) is 0 Å². The van der Waals surface area contributed by atoms with E-state index < -0.39 is 5.60 Å². The van der Waals surface area contributed by atoms with Crippen LogP contribution < -0.4 is 0 Å². The Bertz CT molecular complexity index is 416. The van der Waals surface area contributed by atoms with Crippen molar-refractivity contribution in [2.24, 2.45) is 28.6 Å². The molecule has 4 saturated carbocycles. The highest BCUT2D eigenvalue weighted by Crippen LogP contribution is 2.71. The molecule has 4 bridgehead atoms. The maximum absolute atomic E-state index is 12.0. The molecule has 0 aromatic rings. The summed E-state index contributed by atoms with van der Waals surface area (Å²) in [6.07, 6.45) is 4.83. The van der Waals surface area contributed by atoms with Gasteiger partial charge < -0.3 is 9.84 Å². The molecule has 3 heteroatoms. The van der Waals surface area contributed by atoms with Crippen molar-refractivity contribution in [3.63, 3.8) is 0 Å². The molecule has 5 unspecified atom stereocenters. The molecule has 4 aliphatic carbocycles. The molecule has 4 aliphatic rings. The SMILES string of the molecule is COC(=O)C1CCC2(O)C(C)(C)C3CCC2(C)C1C3. The van der Waals surface area contributed by atoms with Gasteiger partial charge in [-0.1, -0.05) is 20.8 Å². The third kappa shape index (κ3) is 1.35. The smallest absolute Gasteiger partial charge is 0.308 e. The molecule has 4 fully saturated rings. The zero-order valence-electron chi connectivity index (χ0n) is 12.5. The lowest BCUT2D eigenvalue weighted by Crippen LogP contribution is -2.72. The first-order valence-corrected chi connectivity index (χ1v) is 7.58. The normalized spacial score (nSPS) is 50.9. The largest absolute Gasteiger partial charge is 0.469 e.